The summed E-state index contributed by atoms with van der Waals surface area (Å²) in [5.74, 6) is -2.51. The minimum atomic E-state index is -1.31. The third kappa shape index (κ3) is 6.22. The molecular weight excluding hydrogens is 452 g/mol. The maximum Gasteiger partial charge on any atom is 0.397 e. The Morgan fingerprint density at radius 1 is 1.00 bits per heavy atom. The van der Waals surface area contributed by atoms with Crippen LogP contribution < -0.4 is 10.1 Å². The minimum Gasteiger partial charge on any atom is -0.463 e. The fourth-order valence-corrected chi connectivity index (χ4v) is 3.56. The van der Waals surface area contributed by atoms with Crippen LogP contribution in [0.2, 0.25) is 0 Å². The van der Waals surface area contributed by atoms with Gasteiger partial charge in [0, 0.05) is 27.7 Å². The molecule has 0 saturated carbocycles. The molecule has 34 heavy (non-hydrogen) atoms. The van der Waals surface area contributed by atoms with Crippen LogP contribution in [0.4, 0.5) is 0 Å². The summed E-state index contributed by atoms with van der Waals surface area (Å²) in [6, 6.07) is 4.22. The van der Waals surface area contributed by atoms with E-state index in [2.05, 4.69) is 10.3 Å². The number of hydrogen-bond acceptors (Lipinski definition) is 11. The smallest absolute Gasteiger partial charge is 0.397 e. The largest absolute Gasteiger partial charge is 0.463 e. The summed E-state index contributed by atoms with van der Waals surface area (Å²) in [6.07, 6.45) is -5.03. The first-order chi connectivity index (χ1) is 16.0. The second-order valence-corrected chi connectivity index (χ2v) is 7.79. The molecule has 12 nitrogen and oxygen atoms in total. The number of esters is 3. The summed E-state index contributed by atoms with van der Waals surface area (Å²) in [4.78, 5) is 51.3. The number of carbonyl (C=O) groups is 4. The molecule has 2 aromatic rings. The number of hydrogen-bond donors (Lipinski definition) is 1. The van der Waals surface area contributed by atoms with Crippen LogP contribution in [-0.2, 0) is 38.1 Å². The maximum atomic E-state index is 12.0. The second-order valence-electron chi connectivity index (χ2n) is 7.79. The van der Waals surface area contributed by atoms with E-state index in [0.717, 1.165) is 19.4 Å². The molecule has 1 aliphatic heterocycles. The Bertz CT molecular complexity index is 1080. The molecule has 184 valence electrons. The molecule has 0 bridgehead atoms. The molecule has 5 atom stereocenters. The fourth-order valence-electron chi connectivity index (χ4n) is 3.56. The van der Waals surface area contributed by atoms with Gasteiger partial charge in [-0.05, 0) is 24.6 Å². The van der Waals surface area contributed by atoms with Gasteiger partial charge in [-0.1, -0.05) is 6.07 Å². The average Bonchev–Trinajstić information content (AvgIpc) is 3.11. The molecule has 2 heterocycles. The summed E-state index contributed by atoms with van der Waals surface area (Å²) in [5.41, 5.74) is 1.95. The number of oxazole rings is 1. The van der Waals surface area contributed by atoms with Crippen LogP contribution in [0.3, 0.4) is 0 Å². The number of amides is 1. The van der Waals surface area contributed by atoms with E-state index in [-0.39, 0.29) is 12.7 Å². The molecule has 0 aliphatic carbocycles. The number of nitrogens with one attached hydrogen (secondary N) is 1. The number of aromatic nitrogens is 1. The lowest BCUT2D eigenvalue weighted by atomic mass is 9.96. The van der Waals surface area contributed by atoms with Crippen molar-refractivity contribution < 1.29 is 47.3 Å². The first-order valence-corrected chi connectivity index (χ1v) is 10.5. The molecule has 1 aliphatic rings. The number of fused-ring (bicyclic) bond motifs is 1. The number of rotatable bonds is 7. The molecule has 3 rings (SSSR count). The Morgan fingerprint density at radius 2 is 1.68 bits per heavy atom. The Labute approximate surface area is 194 Å². The third-order valence-corrected chi connectivity index (χ3v) is 4.81. The van der Waals surface area contributed by atoms with Crippen molar-refractivity contribution in [2.75, 3.05) is 6.61 Å². The first-order valence-electron chi connectivity index (χ1n) is 10.5. The third-order valence-electron chi connectivity index (χ3n) is 4.81. The van der Waals surface area contributed by atoms with Crippen LogP contribution in [-0.4, -0.2) is 66.0 Å². The van der Waals surface area contributed by atoms with Crippen molar-refractivity contribution >= 4 is 34.9 Å². The van der Waals surface area contributed by atoms with E-state index in [1.165, 1.54) is 13.8 Å². The van der Waals surface area contributed by atoms with Gasteiger partial charge in [-0.3, -0.25) is 19.2 Å². The fraction of sp³-hybridized carbons (Fsp3) is 0.500. The van der Waals surface area contributed by atoms with Crippen molar-refractivity contribution in [3.8, 4) is 6.08 Å². The number of benzene rings is 1. The molecule has 1 amide bonds. The van der Waals surface area contributed by atoms with Crippen molar-refractivity contribution in [1.82, 2.24) is 10.3 Å². The zero-order valence-corrected chi connectivity index (χ0v) is 19.4. The van der Waals surface area contributed by atoms with Crippen molar-refractivity contribution in [2.24, 2.45) is 0 Å². The van der Waals surface area contributed by atoms with Crippen LogP contribution in [0, 0.1) is 6.92 Å². The van der Waals surface area contributed by atoms with Crippen LogP contribution in [0.1, 0.15) is 33.3 Å². The van der Waals surface area contributed by atoms with E-state index in [1.54, 1.807) is 12.1 Å². The molecular formula is C22H26N2O10. The van der Waals surface area contributed by atoms with Gasteiger partial charge in [-0.15, -0.1) is 0 Å². The Balaban J connectivity index is 1.98. The lowest BCUT2D eigenvalue weighted by molar-refractivity contribution is -0.259. The number of aryl methyl sites for hydroxylation is 1. The van der Waals surface area contributed by atoms with E-state index in [0.29, 0.717) is 11.1 Å². The summed E-state index contributed by atoms with van der Waals surface area (Å²) in [5, 5.41) is 2.60. The monoisotopic (exact) mass is 478 g/mol. The molecule has 12 heteroatoms. The van der Waals surface area contributed by atoms with E-state index >= 15 is 0 Å². The molecule has 0 unspecified atom stereocenters. The number of nitrogens with zero attached hydrogens (tertiary/aromatic N) is 1. The van der Waals surface area contributed by atoms with Gasteiger partial charge in [0.05, 0.1) is 0 Å². The molecule has 1 aromatic heterocycles. The zero-order valence-electron chi connectivity index (χ0n) is 19.4. The SMILES string of the molecule is CC(=O)N[C@H]1[C@@H](Oc2nc3cc(C)ccc3o2)O[C@@H](COC(C)=O)[C@@H](OC(C)=O)[C@@H]1OC(C)=O. The Kier molecular flexibility index (Phi) is 7.72. The van der Waals surface area contributed by atoms with Gasteiger partial charge >= 0.3 is 24.0 Å². The van der Waals surface area contributed by atoms with Crippen LogP contribution in [0.15, 0.2) is 22.6 Å². The molecule has 1 aromatic carbocycles. The summed E-state index contributed by atoms with van der Waals surface area (Å²) >= 11 is 0. The molecule has 1 fully saturated rings. The van der Waals surface area contributed by atoms with E-state index < -0.39 is 54.5 Å². The Hall–Kier alpha value is -3.67. The highest BCUT2D eigenvalue weighted by Crippen LogP contribution is 2.30. The summed E-state index contributed by atoms with van der Waals surface area (Å²) in [7, 11) is 0. The van der Waals surface area contributed by atoms with Crippen molar-refractivity contribution in [2.45, 2.75) is 65.3 Å². The van der Waals surface area contributed by atoms with Crippen LogP contribution in [0.25, 0.3) is 11.1 Å². The van der Waals surface area contributed by atoms with Gasteiger partial charge in [0.1, 0.15) is 24.3 Å². The van der Waals surface area contributed by atoms with Crippen LogP contribution >= 0.6 is 0 Å². The highest BCUT2D eigenvalue weighted by atomic mass is 16.7. The predicted octanol–water partition coefficient (Wildman–Crippen LogP) is 1.17. The number of ether oxygens (including phenoxy) is 5. The van der Waals surface area contributed by atoms with Crippen LogP contribution in [0.5, 0.6) is 6.08 Å². The van der Waals surface area contributed by atoms with Gasteiger partial charge in [0.25, 0.3) is 0 Å². The molecule has 0 spiro atoms. The van der Waals surface area contributed by atoms with Gasteiger partial charge < -0.3 is 33.4 Å². The van der Waals surface area contributed by atoms with E-state index in [9.17, 15) is 19.2 Å². The van der Waals surface area contributed by atoms with Crippen molar-refractivity contribution in [3.05, 3.63) is 23.8 Å². The summed E-state index contributed by atoms with van der Waals surface area (Å²) < 4.78 is 33.1. The van der Waals surface area contributed by atoms with Crippen molar-refractivity contribution in [3.63, 3.8) is 0 Å². The van der Waals surface area contributed by atoms with Crippen molar-refractivity contribution in [1.29, 1.82) is 0 Å². The maximum absolute atomic E-state index is 12.0. The second kappa shape index (κ2) is 10.5. The van der Waals surface area contributed by atoms with E-state index in [4.69, 9.17) is 28.1 Å². The normalized spacial score (nSPS) is 24.2. The standard InChI is InChI=1S/C22H26N2O10/c1-10-6-7-16-15(8-10)24-22(33-16)34-21-18(23-11(2)25)20(31-14(5)28)19(30-13(4)27)17(32-21)9-29-12(3)26/h6-8,17-21H,9H2,1-5H3,(H,23,25)/t17-,18+,19+,20+,21+/m0/s1. The lowest BCUT2D eigenvalue weighted by Crippen LogP contribution is -2.67. The quantitative estimate of drug-likeness (QED) is 0.451. The lowest BCUT2D eigenvalue weighted by Gasteiger charge is -2.44. The predicted molar refractivity (Wildman–Crippen MR) is 113 cm³/mol. The topological polar surface area (TPSA) is 152 Å². The summed E-state index contributed by atoms with van der Waals surface area (Å²) in [6.45, 7) is 6.31. The first kappa shape index (κ1) is 25.0. The van der Waals surface area contributed by atoms with Gasteiger partial charge in [-0.25, -0.2) is 0 Å². The molecule has 1 N–H and O–H groups in total. The van der Waals surface area contributed by atoms with E-state index in [1.807, 2.05) is 13.0 Å². The Morgan fingerprint density at radius 3 is 2.29 bits per heavy atom. The highest BCUT2D eigenvalue weighted by molar-refractivity contribution is 5.74. The average molecular weight is 478 g/mol. The van der Waals surface area contributed by atoms with Gasteiger partial charge in [0.2, 0.25) is 12.2 Å². The minimum absolute atomic E-state index is 0.167. The molecule has 1 saturated heterocycles. The van der Waals surface area contributed by atoms with Gasteiger partial charge in [0.15, 0.2) is 17.8 Å². The highest BCUT2D eigenvalue weighted by Gasteiger charge is 2.52. The zero-order chi connectivity index (χ0) is 25.0. The molecule has 0 radical (unpaired) electrons. The van der Waals surface area contributed by atoms with Gasteiger partial charge in [-0.2, -0.15) is 4.98 Å². The number of carbonyl (C=O) groups excluding carboxylic acids is 4.